The van der Waals surface area contributed by atoms with Crippen LogP contribution in [0.5, 0.6) is 0 Å². The molecule has 0 aromatic heterocycles. The molecule has 0 aliphatic carbocycles. The van der Waals surface area contributed by atoms with Crippen LogP contribution in [0.15, 0.2) is 0 Å². The minimum atomic E-state index is -0.784. The quantitative estimate of drug-likeness (QED) is 0.435. The van der Waals surface area contributed by atoms with Gasteiger partial charge in [-0.2, -0.15) is 0 Å². The van der Waals surface area contributed by atoms with Gasteiger partial charge >= 0.3 is 0 Å². The molecule has 0 heterocycles. The van der Waals surface area contributed by atoms with Crippen LogP contribution in [0.1, 0.15) is 0 Å². The zero-order valence-electron chi connectivity index (χ0n) is 4.26. The Kier molecular flexibility index (Phi) is 2.55. The van der Waals surface area contributed by atoms with Crippen LogP contribution in [0.25, 0.3) is 0 Å². The van der Waals surface area contributed by atoms with Crippen molar-refractivity contribution in [2.75, 3.05) is 20.4 Å². The summed E-state index contributed by atoms with van der Waals surface area (Å²) in [5, 5.41) is 0. The standard InChI is InChI=1S/C3H9NOS/c1-4(2)6(3)5/h1-3H3/t6-/m0/s1. The fourth-order valence-electron chi connectivity index (χ4n) is 0. The van der Waals surface area contributed by atoms with Gasteiger partial charge in [0.15, 0.2) is 0 Å². The molecule has 0 bridgehead atoms. The van der Waals surface area contributed by atoms with Crippen molar-refractivity contribution >= 4 is 11.4 Å². The Morgan fingerprint density at radius 2 is 1.67 bits per heavy atom. The Morgan fingerprint density at radius 1 is 1.50 bits per heavy atom. The summed E-state index contributed by atoms with van der Waals surface area (Å²) in [4.78, 5) is 0. The van der Waals surface area contributed by atoms with Crippen LogP contribution in [0, 0.1) is 0 Å². The van der Waals surface area contributed by atoms with E-state index in [9.17, 15) is 4.55 Å². The molecule has 3 heteroatoms. The number of hydrogen-bond donors (Lipinski definition) is 0. The molecule has 0 aliphatic heterocycles. The van der Waals surface area contributed by atoms with E-state index >= 15 is 0 Å². The Morgan fingerprint density at radius 3 is 1.67 bits per heavy atom. The predicted molar refractivity (Wildman–Crippen MR) is 27.8 cm³/mol. The highest BCUT2D eigenvalue weighted by Gasteiger charge is 1.95. The monoisotopic (exact) mass is 107 g/mol. The molecular weight excluding hydrogens is 98.1 g/mol. The van der Waals surface area contributed by atoms with Crippen LogP contribution in [0.3, 0.4) is 0 Å². The van der Waals surface area contributed by atoms with Gasteiger partial charge in [-0.1, -0.05) is 0 Å². The van der Waals surface area contributed by atoms with Gasteiger partial charge in [-0.3, -0.25) is 0 Å². The van der Waals surface area contributed by atoms with Crippen molar-refractivity contribution in [1.82, 2.24) is 4.31 Å². The predicted octanol–water partition coefficient (Wildman–Crippen LogP) is -0.158. The molecule has 0 fully saturated rings. The van der Waals surface area contributed by atoms with E-state index in [0.717, 1.165) is 0 Å². The second kappa shape index (κ2) is 2.44. The van der Waals surface area contributed by atoms with Gasteiger partial charge in [-0.05, 0) is 0 Å². The van der Waals surface area contributed by atoms with Gasteiger partial charge in [0.05, 0.1) is 0 Å². The molecule has 0 aromatic rings. The average Bonchev–Trinajstić information content (AvgIpc) is 1.36. The number of hydrogen-bond acceptors (Lipinski definition) is 2. The van der Waals surface area contributed by atoms with Gasteiger partial charge in [0.25, 0.3) is 0 Å². The van der Waals surface area contributed by atoms with Gasteiger partial charge in [0.1, 0.15) is 6.26 Å². The van der Waals surface area contributed by atoms with Crippen molar-refractivity contribution in [2.24, 2.45) is 0 Å². The summed E-state index contributed by atoms with van der Waals surface area (Å²) in [7, 11) is 3.55. The molecule has 0 aliphatic rings. The summed E-state index contributed by atoms with van der Waals surface area (Å²) in [6.07, 6.45) is 1.64. The number of rotatable bonds is 1. The minimum absolute atomic E-state index is 0.784. The van der Waals surface area contributed by atoms with E-state index in [1.54, 1.807) is 24.7 Å². The maximum absolute atomic E-state index is 10.2. The molecule has 0 saturated heterocycles. The molecule has 0 amide bonds. The van der Waals surface area contributed by atoms with Crippen molar-refractivity contribution in [1.29, 1.82) is 0 Å². The van der Waals surface area contributed by atoms with E-state index in [4.69, 9.17) is 0 Å². The van der Waals surface area contributed by atoms with Gasteiger partial charge in [-0.25, -0.2) is 0 Å². The summed E-state index contributed by atoms with van der Waals surface area (Å²) in [5.74, 6) is 0. The van der Waals surface area contributed by atoms with Crippen molar-refractivity contribution in [3.63, 3.8) is 0 Å². The maximum atomic E-state index is 10.2. The van der Waals surface area contributed by atoms with Gasteiger partial charge in [0, 0.05) is 25.5 Å². The molecule has 38 valence electrons. The smallest absolute Gasteiger partial charge is 0.115 e. The number of nitrogens with zero attached hydrogens (tertiary/aromatic N) is 1. The van der Waals surface area contributed by atoms with Crippen molar-refractivity contribution in [2.45, 2.75) is 0 Å². The largest absolute Gasteiger partial charge is 0.598 e. The molecule has 0 spiro atoms. The average molecular weight is 107 g/mol. The van der Waals surface area contributed by atoms with Gasteiger partial charge < -0.3 is 4.55 Å². The van der Waals surface area contributed by atoms with Crippen LogP contribution in [0.2, 0.25) is 0 Å². The molecule has 1 atom stereocenters. The molecule has 0 unspecified atom stereocenters. The summed E-state index contributed by atoms with van der Waals surface area (Å²) in [6.45, 7) is 0. The van der Waals surface area contributed by atoms with Crippen LogP contribution >= 0.6 is 0 Å². The van der Waals surface area contributed by atoms with Crippen molar-refractivity contribution in [3.05, 3.63) is 0 Å². The zero-order chi connectivity index (χ0) is 5.15. The third kappa shape index (κ3) is 2.50. The highest BCUT2D eigenvalue weighted by Crippen LogP contribution is 1.82. The first-order valence-corrected chi connectivity index (χ1v) is 3.17. The fourth-order valence-corrected chi connectivity index (χ4v) is 0. The Labute approximate surface area is 41.5 Å². The second-order valence-corrected chi connectivity index (χ2v) is 2.81. The zero-order valence-corrected chi connectivity index (χ0v) is 5.08. The molecule has 0 N–H and O–H groups in total. The fraction of sp³-hybridized carbons (Fsp3) is 1.00. The summed E-state index contributed by atoms with van der Waals surface area (Å²) in [6, 6.07) is 0. The van der Waals surface area contributed by atoms with E-state index in [1.165, 1.54) is 0 Å². The Bertz CT molecular complexity index is 31.8. The van der Waals surface area contributed by atoms with E-state index in [1.807, 2.05) is 0 Å². The molecular formula is C3H9NOS. The van der Waals surface area contributed by atoms with E-state index in [2.05, 4.69) is 0 Å². The summed E-state index contributed by atoms with van der Waals surface area (Å²) < 4.78 is 11.8. The topological polar surface area (TPSA) is 26.3 Å². The lowest BCUT2D eigenvalue weighted by atomic mass is 11.3. The lowest BCUT2D eigenvalue weighted by Gasteiger charge is -2.08. The summed E-state index contributed by atoms with van der Waals surface area (Å²) in [5.41, 5.74) is 0. The van der Waals surface area contributed by atoms with Crippen molar-refractivity contribution < 1.29 is 4.55 Å². The SMILES string of the molecule is CN(C)[S@+](C)[O-]. The van der Waals surface area contributed by atoms with Crippen LogP contribution in [-0.4, -0.2) is 29.2 Å². The van der Waals surface area contributed by atoms with Crippen LogP contribution in [0.4, 0.5) is 0 Å². The first-order valence-electron chi connectivity index (χ1n) is 1.65. The van der Waals surface area contributed by atoms with Gasteiger partial charge in [-0.15, -0.1) is 4.31 Å². The molecule has 2 nitrogen and oxygen atoms in total. The highest BCUT2D eigenvalue weighted by atomic mass is 32.2. The van der Waals surface area contributed by atoms with E-state index in [0.29, 0.717) is 0 Å². The first-order chi connectivity index (χ1) is 2.64. The van der Waals surface area contributed by atoms with E-state index in [-0.39, 0.29) is 0 Å². The third-order valence-corrected chi connectivity index (χ3v) is 1.54. The summed E-state index contributed by atoms with van der Waals surface area (Å²) >= 11 is -0.784. The first kappa shape index (κ1) is 6.27. The lowest BCUT2D eigenvalue weighted by Crippen LogP contribution is -2.19. The Balaban J connectivity index is 2.99. The van der Waals surface area contributed by atoms with Crippen molar-refractivity contribution in [3.8, 4) is 0 Å². The van der Waals surface area contributed by atoms with Gasteiger partial charge in [0.2, 0.25) is 0 Å². The molecule has 0 rings (SSSR count). The normalized spacial score (nSPS) is 15.5. The van der Waals surface area contributed by atoms with E-state index < -0.39 is 11.4 Å². The third-order valence-electron chi connectivity index (χ3n) is 0.514. The lowest BCUT2D eigenvalue weighted by molar-refractivity contribution is 0.527. The molecule has 0 aromatic carbocycles. The molecule has 6 heavy (non-hydrogen) atoms. The Hall–Kier alpha value is 0.270. The highest BCUT2D eigenvalue weighted by molar-refractivity contribution is 7.88. The van der Waals surface area contributed by atoms with Crippen LogP contribution in [-0.2, 0) is 11.4 Å². The maximum Gasteiger partial charge on any atom is 0.115 e. The molecule has 0 saturated carbocycles. The molecule has 0 radical (unpaired) electrons. The second-order valence-electron chi connectivity index (χ2n) is 1.24. The minimum Gasteiger partial charge on any atom is -0.598 e. The van der Waals surface area contributed by atoms with Crippen LogP contribution < -0.4 is 0 Å².